The summed E-state index contributed by atoms with van der Waals surface area (Å²) in [7, 11) is 0. The Hall–Kier alpha value is -2.90. The third-order valence-electron chi connectivity index (χ3n) is 3.92. The number of halogens is 2. The summed E-state index contributed by atoms with van der Waals surface area (Å²) in [5.74, 6) is 0. The van der Waals surface area contributed by atoms with Crippen LogP contribution in [0.25, 0.3) is 0 Å². The molecule has 1 aromatic heterocycles. The molecular weight excluding hydrogens is 332 g/mol. The van der Waals surface area contributed by atoms with E-state index in [0.29, 0.717) is 24.3 Å². The first-order valence-electron chi connectivity index (χ1n) is 7.77. The Kier molecular flexibility index (Phi) is 4.97. The first-order chi connectivity index (χ1) is 12.0. The number of alkyl halides is 2. The molecule has 2 heterocycles. The van der Waals surface area contributed by atoms with Crippen LogP contribution in [0.15, 0.2) is 47.4 Å². The van der Waals surface area contributed by atoms with Crippen LogP contribution in [0.2, 0.25) is 0 Å². The quantitative estimate of drug-likeness (QED) is 0.871. The van der Waals surface area contributed by atoms with Gasteiger partial charge >= 0.3 is 12.6 Å². The Morgan fingerprint density at radius 3 is 2.56 bits per heavy atom. The maximum atomic E-state index is 12.7. The summed E-state index contributed by atoms with van der Waals surface area (Å²) >= 11 is 0. The topological polar surface area (TPSA) is 63.6 Å². The number of amides is 1. The molecule has 1 aliphatic rings. The number of benzene rings is 1. The van der Waals surface area contributed by atoms with Crippen LogP contribution in [0.4, 0.5) is 19.3 Å². The number of anilines is 1. The Balaban J connectivity index is 1.62. The zero-order chi connectivity index (χ0) is 17.8. The van der Waals surface area contributed by atoms with E-state index in [9.17, 15) is 18.4 Å². The smallest absolute Gasteiger partial charge is 0.410 e. The molecule has 1 aliphatic heterocycles. The lowest BCUT2D eigenvalue weighted by Crippen LogP contribution is -2.25. The number of ether oxygens (including phenoxy) is 1. The minimum absolute atomic E-state index is 0.143. The van der Waals surface area contributed by atoms with Crippen molar-refractivity contribution >= 4 is 11.8 Å². The van der Waals surface area contributed by atoms with E-state index in [-0.39, 0.29) is 18.2 Å². The van der Waals surface area contributed by atoms with Crippen molar-refractivity contribution in [2.24, 2.45) is 0 Å². The third-order valence-corrected chi connectivity index (χ3v) is 3.92. The number of nitrogens with zero attached hydrogens (tertiary/aromatic N) is 2. The monoisotopic (exact) mass is 349 g/mol. The highest BCUT2D eigenvalue weighted by Gasteiger charge is 2.21. The molecule has 25 heavy (non-hydrogen) atoms. The lowest BCUT2D eigenvalue weighted by atomic mass is 10.2. The van der Waals surface area contributed by atoms with E-state index < -0.39 is 12.1 Å². The minimum Gasteiger partial charge on any atom is -0.448 e. The van der Waals surface area contributed by atoms with Gasteiger partial charge < -0.3 is 15.0 Å². The molecule has 3 rings (SSSR count). The van der Waals surface area contributed by atoms with Crippen LogP contribution in [0, 0.1) is 0 Å². The van der Waals surface area contributed by atoms with Crippen molar-refractivity contribution in [2.75, 3.05) is 18.5 Å². The fourth-order valence-corrected chi connectivity index (χ4v) is 2.56. The van der Waals surface area contributed by atoms with Gasteiger partial charge in [-0.05, 0) is 23.8 Å². The van der Waals surface area contributed by atoms with Crippen LogP contribution in [0.3, 0.4) is 0 Å². The van der Waals surface area contributed by atoms with Crippen molar-refractivity contribution < 1.29 is 18.3 Å². The van der Waals surface area contributed by atoms with Gasteiger partial charge in [-0.25, -0.2) is 4.79 Å². The van der Waals surface area contributed by atoms with Crippen molar-refractivity contribution in [1.29, 1.82) is 0 Å². The van der Waals surface area contributed by atoms with Crippen LogP contribution in [-0.4, -0.2) is 28.7 Å². The van der Waals surface area contributed by atoms with Crippen LogP contribution < -0.4 is 10.9 Å². The number of hydrogen-bond donors (Lipinski definition) is 1. The van der Waals surface area contributed by atoms with E-state index in [1.165, 1.54) is 12.1 Å². The number of pyridine rings is 1. The minimum atomic E-state index is -2.86. The molecule has 0 saturated carbocycles. The van der Waals surface area contributed by atoms with E-state index in [4.69, 9.17) is 4.74 Å². The molecule has 0 atom stereocenters. The summed E-state index contributed by atoms with van der Waals surface area (Å²) in [6.45, 7) is -1.26. The summed E-state index contributed by atoms with van der Waals surface area (Å²) in [6, 6.07) is 10.3. The van der Waals surface area contributed by atoms with E-state index in [1.54, 1.807) is 4.90 Å². The Labute approximate surface area is 142 Å². The molecular formula is C17H17F2N3O3. The van der Waals surface area contributed by atoms with Crippen molar-refractivity contribution in [1.82, 2.24) is 9.47 Å². The van der Waals surface area contributed by atoms with Gasteiger partial charge in [-0.1, -0.05) is 18.2 Å². The first kappa shape index (κ1) is 16.9. The largest absolute Gasteiger partial charge is 0.448 e. The van der Waals surface area contributed by atoms with Crippen LogP contribution >= 0.6 is 0 Å². The highest BCUT2D eigenvalue weighted by atomic mass is 19.3. The highest BCUT2D eigenvalue weighted by Crippen LogP contribution is 2.15. The van der Waals surface area contributed by atoms with Gasteiger partial charge in [0.1, 0.15) is 6.61 Å². The zero-order valence-corrected chi connectivity index (χ0v) is 13.3. The van der Waals surface area contributed by atoms with E-state index >= 15 is 0 Å². The number of carbonyl (C=O) groups is 1. The molecule has 0 spiro atoms. The third kappa shape index (κ3) is 3.96. The van der Waals surface area contributed by atoms with E-state index in [1.807, 2.05) is 24.3 Å². The molecule has 0 radical (unpaired) electrons. The van der Waals surface area contributed by atoms with Gasteiger partial charge in [0.15, 0.2) is 0 Å². The van der Waals surface area contributed by atoms with E-state index in [2.05, 4.69) is 5.32 Å². The maximum absolute atomic E-state index is 12.7. The molecule has 0 aliphatic carbocycles. The van der Waals surface area contributed by atoms with Crippen molar-refractivity contribution in [3.05, 3.63) is 64.1 Å². The van der Waals surface area contributed by atoms with Gasteiger partial charge in [-0.2, -0.15) is 8.78 Å². The number of nitrogens with one attached hydrogen (secondary N) is 1. The Morgan fingerprint density at radius 2 is 1.92 bits per heavy atom. The van der Waals surface area contributed by atoms with Gasteiger partial charge in [0.2, 0.25) is 0 Å². The summed E-state index contributed by atoms with van der Waals surface area (Å²) in [6.07, 6.45) is 0.746. The fourth-order valence-electron chi connectivity index (χ4n) is 2.56. The predicted octanol–water partition coefficient (Wildman–Crippen LogP) is 2.81. The maximum Gasteiger partial charge on any atom is 0.410 e. The number of hydrogen-bond acceptors (Lipinski definition) is 4. The van der Waals surface area contributed by atoms with Crippen molar-refractivity contribution in [3.63, 3.8) is 0 Å². The number of rotatable bonds is 6. The summed E-state index contributed by atoms with van der Waals surface area (Å²) in [5, 5.41) is 3.03. The highest BCUT2D eigenvalue weighted by molar-refractivity contribution is 5.69. The van der Waals surface area contributed by atoms with Gasteiger partial charge in [-0.3, -0.25) is 9.36 Å². The lowest BCUT2D eigenvalue weighted by Gasteiger charge is -2.13. The van der Waals surface area contributed by atoms with E-state index in [0.717, 1.165) is 17.4 Å². The van der Waals surface area contributed by atoms with Crippen molar-refractivity contribution in [3.8, 4) is 0 Å². The lowest BCUT2D eigenvalue weighted by molar-refractivity contribution is 0.0660. The molecule has 1 saturated heterocycles. The SMILES string of the molecule is O=C1OCCN1Cc1ccc(NCc2cccn(C(F)F)c2=O)cc1. The molecule has 0 bridgehead atoms. The normalized spacial score (nSPS) is 14.0. The number of carbonyl (C=O) groups excluding carboxylic acids is 1. The molecule has 1 aromatic carbocycles. The standard InChI is InChI=1S/C17H17F2N3O3/c18-16(19)22-7-1-2-13(15(22)23)10-20-14-5-3-12(4-6-14)11-21-8-9-25-17(21)24/h1-7,16,20H,8-11H2. The molecule has 2 aromatic rings. The van der Waals surface area contributed by atoms with Gasteiger partial charge in [-0.15, -0.1) is 0 Å². The number of aromatic nitrogens is 1. The molecule has 1 N–H and O–H groups in total. The fraction of sp³-hybridized carbons (Fsp3) is 0.294. The molecule has 0 unspecified atom stereocenters. The second-order valence-corrected chi connectivity index (χ2v) is 5.61. The van der Waals surface area contributed by atoms with Gasteiger partial charge in [0.05, 0.1) is 6.54 Å². The summed E-state index contributed by atoms with van der Waals surface area (Å²) in [4.78, 5) is 24.9. The average molecular weight is 349 g/mol. The van der Waals surface area contributed by atoms with Gasteiger partial charge in [0.25, 0.3) is 5.56 Å². The summed E-state index contributed by atoms with van der Waals surface area (Å²) < 4.78 is 30.7. The van der Waals surface area contributed by atoms with Crippen LogP contribution in [0.1, 0.15) is 17.7 Å². The predicted molar refractivity (Wildman–Crippen MR) is 87.5 cm³/mol. The Bertz CT molecular complexity index is 806. The van der Waals surface area contributed by atoms with Crippen LogP contribution in [0.5, 0.6) is 0 Å². The Morgan fingerprint density at radius 1 is 1.16 bits per heavy atom. The second-order valence-electron chi connectivity index (χ2n) is 5.61. The summed E-state index contributed by atoms with van der Waals surface area (Å²) in [5.41, 5.74) is 1.24. The number of cyclic esters (lactones) is 1. The molecule has 6 nitrogen and oxygen atoms in total. The zero-order valence-electron chi connectivity index (χ0n) is 13.3. The first-order valence-corrected chi connectivity index (χ1v) is 7.77. The molecule has 1 fully saturated rings. The van der Waals surface area contributed by atoms with Crippen LogP contribution in [-0.2, 0) is 17.8 Å². The average Bonchev–Trinajstić information content (AvgIpc) is 3.00. The molecule has 8 heteroatoms. The molecule has 1 amide bonds. The second kappa shape index (κ2) is 7.33. The molecule has 132 valence electrons. The van der Waals surface area contributed by atoms with Gasteiger partial charge in [0, 0.05) is 30.5 Å². The van der Waals surface area contributed by atoms with Crippen molar-refractivity contribution in [2.45, 2.75) is 19.6 Å².